The molecular weight excluding hydrogens is 188 g/mol. The third-order valence-electron chi connectivity index (χ3n) is 3.50. The van der Waals surface area contributed by atoms with Crippen molar-refractivity contribution >= 4 is 5.82 Å². The van der Waals surface area contributed by atoms with Crippen LogP contribution in [0.15, 0.2) is 12.1 Å². The second-order valence-electron chi connectivity index (χ2n) is 4.62. The molecule has 0 aromatic carbocycles. The number of nitrogens with one attached hydrogen (secondary N) is 1. The van der Waals surface area contributed by atoms with E-state index in [9.17, 15) is 0 Å². The van der Waals surface area contributed by atoms with Crippen LogP contribution in [-0.4, -0.2) is 36.4 Å². The minimum absolute atomic E-state index is 0.813. The molecule has 80 valence electrons. The maximum Gasteiger partial charge on any atom is 0.151 e. The van der Waals surface area contributed by atoms with Crippen LogP contribution >= 0.6 is 0 Å². The molecule has 4 nitrogen and oxygen atoms in total. The van der Waals surface area contributed by atoms with Gasteiger partial charge in [-0.3, -0.25) is 0 Å². The highest BCUT2D eigenvalue weighted by molar-refractivity contribution is 5.39. The van der Waals surface area contributed by atoms with Crippen LogP contribution in [0, 0.1) is 18.8 Å². The third kappa shape index (κ3) is 1.59. The summed E-state index contributed by atoms with van der Waals surface area (Å²) in [6.07, 6.45) is 0. The molecule has 2 aliphatic rings. The lowest BCUT2D eigenvalue weighted by molar-refractivity contribution is 0.533. The van der Waals surface area contributed by atoms with Gasteiger partial charge in [0.25, 0.3) is 0 Å². The maximum absolute atomic E-state index is 4.24. The number of anilines is 1. The number of rotatable bonds is 1. The van der Waals surface area contributed by atoms with Crippen LogP contribution in [0.3, 0.4) is 0 Å². The van der Waals surface area contributed by atoms with E-state index in [2.05, 4.69) is 26.5 Å². The second-order valence-corrected chi connectivity index (χ2v) is 4.62. The Morgan fingerprint density at radius 1 is 1.20 bits per heavy atom. The van der Waals surface area contributed by atoms with E-state index in [0.29, 0.717) is 0 Å². The molecule has 0 aliphatic carbocycles. The highest BCUT2D eigenvalue weighted by Gasteiger charge is 2.36. The molecule has 1 aromatic rings. The van der Waals surface area contributed by atoms with Crippen LogP contribution < -0.4 is 10.2 Å². The Hall–Kier alpha value is -1.16. The molecule has 3 rings (SSSR count). The topological polar surface area (TPSA) is 41.0 Å². The van der Waals surface area contributed by atoms with Crippen LogP contribution in [0.1, 0.15) is 5.69 Å². The number of fused-ring (bicyclic) bond motifs is 1. The van der Waals surface area contributed by atoms with Crippen molar-refractivity contribution in [2.75, 3.05) is 31.1 Å². The van der Waals surface area contributed by atoms with Gasteiger partial charge in [0.1, 0.15) is 0 Å². The third-order valence-corrected chi connectivity index (χ3v) is 3.50. The summed E-state index contributed by atoms with van der Waals surface area (Å²) in [5, 5.41) is 11.8. The van der Waals surface area contributed by atoms with Crippen molar-refractivity contribution in [3.63, 3.8) is 0 Å². The SMILES string of the molecule is Cc1ccc(N2CC3CNCC3C2)nn1. The van der Waals surface area contributed by atoms with Crippen molar-refractivity contribution in [3.05, 3.63) is 17.8 Å². The van der Waals surface area contributed by atoms with E-state index in [1.165, 1.54) is 13.1 Å². The van der Waals surface area contributed by atoms with E-state index in [-0.39, 0.29) is 0 Å². The normalized spacial score (nSPS) is 29.5. The van der Waals surface area contributed by atoms with Gasteiger partial charge in [0.05, 0.1) is 5.69 Å². The predicted octanol–water partition coefficient (Wildman–Crippen LogP) is 0.441. The van der Waals surface area contributed by atoms with Gasteiger partial charge in [-0.15, -0.1) is 5.10 Å². The Bertz CT molecular complexity index is 336. The summed E-state index contributed by atoms with van der Waals surface area (Å²) in [6.45, 7) is 6.57. The van der Waals surface area contributed by atoms with Gasteiger partial charge in [-0.25, -0.2) is 0 Å². The largest absolute Gasteiger partial charge is 0.354 e. The lowest BCUT2D eigenvalue weighted by atomic mass is 10.0. The molecule has 0 spiro atoms. The van der Waals surface area contributed by atoms with Crippen LogP contribution in [0.5, 0.6) is 0 Å². The Morgan fingerprint density at radius 2 is 1.93 bits per heavy atom. The first-order chi connectivity index (χ1) is 7.33. The molecule has 1 N–H and O–H groups in total. The molecule has 2 unspecified atom stereocenters. The number of aryl methyl sites for hydroxylation is 1. The fraction of sp³-hybridized carbons (Fsp3) is 0.636. The van der Waals surface area contributed by atoms with Gasteiger partial charge >= 0.3 is 0 Å². The molecule has 15 heavy (non-hydrogen) atoms. The summed E-state index contributed by atoms with van der Waals surface area (Å²) in [5.74, 6) is 2.66. The van der Waals surface area contributed by atoms with Gasteiger partial charge in [0, 0.05) is 26.2 Å². The zero-order valence-electron chi connectivity index (χ0n) is 8.98. The molecular formula is C11H16N4. The molecule has 0 amide bonds. The first-order valence-corrected chi connectivity index (χ1v) is 5.59. The molecule has 2 atom stereocenters. The first-order valence-electron chi connectivity index (χ1n) is 5.59. The van der Waals surface area contributed by atoms with E-state index < -0.39 is 0 Å². The van der Waals surface area contributed by atoms with Gasteiger partial charge in [0.15, 0.2) is 5.82 Å². The van der Waals surface area contributed by atoms with Crippen molar-refractivity contribution in [2.45, 2.75) is 6.92 Å². The monoisotopic (exact) mass is 204 g/mol. The minimum Gasteiger partial charge on any atom is -0.354 e. The van der Waals surface area contributed by atoms with E-state index in [0.717, 1.165) is 36.4 Å². The molecule has 4 heteroatoms. The Balaban J connectivity index is 1.76. The van der Waals surface area contributed by atoms with Gasteiger partial charge in [-0.1, -0.05) is 0 Å². The summed E-state index contributed by atoms with van der Waals surface area (Å²) < 4.78 is 0. The molecule has 0 bridgehead atoms. The highest BCUT2D eigenvalue weighted by atomic mass is 15.3. The summed E-state index contributed by atoms with van der Waals surface area (Å²) in [7, 11) is 0. The Kier molecular flexibility index (Phi) is 2.09. The zero-order chi connectivity index (χ0) is 10.3. The number of aromatic nitrogens is 2. The van der Waals surface area contributed by atoms with Gasteiger partial charge in [-0.2, -0.15) is 5.10 Å². The fourth-order valence-corrected chi connectivity index (χ4v) is 2.60. The quantitative estimate of drug-likeness (QED) is 0.720. The van der Waals surface area contributed by atoms with Crippen LogP contribution in [-0.2, 0) is 0 Å². The van der Waals surface area contributed by atoms with E-state index in [1.807, 2.05) is 13.0 Å². The molecule has 1 aromatic heterocycles. The fourth-order valence-electron chi connectivity index (χ4n) is 2.60. The Labute approximate surface area is 89.7 Å². The standard InChI is InChI=1S/C11H16N4/c1-8-2-3-11(14-13-8)15-6-9-4-12-5-10(9)7-15/h2-3,9-10,12H,4-7H2,1H3. The van der Waals surface area contributed by atoms with Gasteiger partial charge in [0.2, 0.25) is 0 Å². The lowest BCUT2D eigenvalue weighted by Crippen LogP contribution is -2.26. The minimum atomic E-state index is 0.813. The summed E-state index contributed by atoms with van der Waals surface area (Å²) in [5.41, 5.74) is 0.986. The number of hydrogen-bond acceptors (Lipinski definition) is 4. The highest BCUT2D eigenvalue weighted by Crippen LogP contribution is 2.28. The smallest absolute Gasteiger partial charge is 0.151 e. The van der Waals surface area contributed by atoms with Crippen LogP contribution in [0.2, 0.25) is 0 Å². The van der Waals surface area contributed by atoms with Crippen molar-refractivity contribution in [1.82, 2.24) is 15.5 Å². The average Bonchev–Trinajstić information content (AvgIpc) is 2.78. The molecule has 2 saturated heterocycles. The zero-order valence-corrected chi connectivity index (χ0v) is 8.98. The van der Waals surface area contributed by atoms with Crippen molar-refractivity contribution < 1.29 is 0 Å². The average molecular weight is 204 g/mol. The van der Waals surface area contributed by atoms with E-state index in [1.54, 1.807) is 0 Å². The second kappa shape index (κ2) is 3.45. The molecule has 2 fully saturated rings. The summed E-state index contributed by atoms with van der Waals surface area (Å²) in [6, 6.07) is 4.12. The van der Waals surface area contributed by atoms with Crippen LogP contribution in [0.25, 0.3) is 0 Å². The van der Waals surface area contributed by atoms with Crippen LogP contribution in [0.4, 0.5) is 5.82 Å². The van der Waals surface area contributed by atoms with E-state index in [4.69, 9.17) is 0 Å². The predicted molar refractivity (Wildman–Crippen MR) is 58.8 cm³/mol. The first kappa shape index (κ1) is 9.09. The van der Waals surface area contributed by atoms with Crippen molar-refractivity contribution in [1.29, 1.82) is 0 Å². The van der Waals surface area contributed by atoms with Gasteiger partial charge in [-0.05, 0) is 30.9 Å². The van der Waals surface area contributed by atoms with E-state index >= 15 is 0 Å². The molecule has 0 saturated carbocycles. The lowest BCUT2D eigenvalue weighted by Gasteiger charge is -2.17. The summed E-state index contributed by atoms with van der Waals surface area (Å²) in [4.78, 5) is 2.36. The molecule has 3 heterocycles. The Morgan fingerprint density at radius 3 is 2.53 bits per heavy atom. The maximum atomic E-state index is 4.24. The van der Waals surface area contributed by atoms with Gasteiger partial charge < -0.3 is 10.2 Å². The van der Waals surface area contributed by atoms with Crippen molar-refractivity contribution in [2.24, 2.45) is 11.8 Å². The molecule has 2 aliphatic heterocycles. The van der Waals surface area contributed by atoms with Crippen molar-refractivity contribution in [3.8, 4) is 0 Å². The number of hydrogen-bond donors (Lipinski definition) is 1. The summed E-state index contributed by atoms with van der Waals surface area (Å²) >= 11 is 0. The molecule has 0 radical (unpaired) electrons. The number of nitrogens with zero attached hydrogens (tertiary/aromatic N) is 3.